The second-order valence-electron chi connectivity index (χ2n) is 12.5. The lowest BCUT2D eigenvalue weighted by molar-refractivity contribution is -0.151. The van der Waals surface area contributed by atoms with Crippen LogP contribution in [0.1, 0.15) is 110 Å². The number of phosphoric ester groups is 1. The van der Waals surface area contributed by atoms with Gasteiger partial charge in [-0.05, 0) is 68.6 Å². The topological polar surface area (TPSA) is 180 Å². The van der Waals surface area contributed by atoms with Crippen LogP contribution in [-0.4, -0.2) is 67.5 Å². The number of hydrogen-bond donors (Lipinski definition) is 4. The number of benzene rings is 1. The third-order valence-electron chi connectivity index (χ3n) is 9.10. The highest BCUT2D eigenvalue weighted by Gasteiger charge is 2.62. The molecule has 5 N–H and O–H groups in total. The van der Waals surface area contributed by atoms with Gasteiger partial charge in [-0.1, -0.05) is 58.6 Å². The van der Waals surface area contributed by atoms with Gasteiger partial charge in [0.2, 0.25) is 23.6 Å². The van der Waals surface area contributed by atoms with Crippen molar-refractivity contribution in [2.75, 3.05) is 6.54 Å². The predicted molar refractivity (Wildman–Crippen MR) is 170 cm³/mol. The minimum atomic E-state index is -4.73. The summed E-state index contributed by atoms with van der Waals surface area (Å²) in [5.74, 6) is -1.10. The van der Waals surface area contributed by atoms with E-state index in [1.807, 2.05) is 13.8 Å². The van der Waals surface area contributed by atoms with Crippen LogP contribution in [0.2, 0.25) is 0 Å². The average molecular weight is 651 g/mol. The summed E-state index contributed by atoms with van der Waals surface area (Å²) in [5, 5.41) is 3.04. The molecule has 0 radical (unpaired) electrons. The van der Waals surface area contributed by atoms with Crippen LogP contribution in [0.4, 0.5) is 0 Å². The van der Waals surface area contributed by atoms with E-state index in [4.69, 9.17) is 15.5 Å². The highest BCUT2D eigenvalue weighted by atomic mass is 31.2. The lowest BCUT2D eigenvalue weighted by atomic mass is 9.92. The minimum Gasteiger partial charge on any atom is -0.404 e. The molecule has 1 saturated carbocycles. The number of unbranched alkanes of at least 4 members (excludes halogenated alkanes) is 4. The van der Waals surface area contributed by atoms with Gasteiger partial charge >= 0.3 is 7.82 Å². The normalized spacial score (nSPS) is 19.1. The number of phosphoric acid groups is 1. The number of primary amides is 1. The van der Waals surface area contributed by atoms with Crippen molar-refractivity contribution in [2.45, 2.75) is 128 Å². The van der Waals surface area contributed by atoms with Gasteiger partial charge in [-0.3, -0.25) is 29.0 Å². The largest absolute Gasteiger partial charge is 0.524 e. The van der Waals surface area contributed by atoms with Crippen LogP contribution in [0.5, 0.6) is 5.75 Å². The second-order valence-corrected chi connectivity index (χ2v) is 13.6. The van der Waals surface area contributed by atoms with E-state index in [9.17, 15) is 23.7 Å². The Hall–Kier alpha value is -2.95. The summed E-state index contributed by atoms with van der Waals surface area (Å²) in [6, 6.07) is 4.56. The third kappa shape index (κ3) is 9.53. The molecule has 3 unspecified atom stereocenters. The van der Waals surface area contributed by atoms with Gasteiger partial charge < -0.3 is 25.4 Å². The first-order valence-corrected chi connectivity index (χ1v) is 17.9. The maximum Gasteiger partial charge on any atom is 0.524 e. The fraction of sp³-hybridized carbons (Fsp3) is 0.688. The Morgan fingerprint density at radius 1 is 1.04 bits per heavy atom. The minimum absolute atomic E-state index is 0.00523. The maximum atomic E-state index is 14.6. The van der Waals surface area contributed by atoms with Crippen molar-refractivity contribution >= 4 is 31.5 Å². The summed E-state index contributed by atoms with van der Waals surface area (Å²) >= 11 is 0. The number of nitrogens with zero attached hydrogens (tertiary/aromatic N) is 2. The summed E-state index contributed by atoms with van der Waals surface area (Å²) in [5.41, 5.74) is 5.03. The quantitative estimate of drug-likeness (QED) is 0.135. The molecule has 1 aliphatic carbocycles. The zero-order valence-corrected chi connectivity index (χ0v) is 27.8. The fourth-order valence-electron chi connectivity index (χ4n) is 6.75. The van der Waals surface area contributed by atoms with E-state index >= 15 is 0 Å². The average Bonchev–Trinajstić information content (AvgIpc) is 3.54. The Morgan fingerprint density at radius 3 is 2.27 bits per heavy atom. The van der Waals surface area contributed by atoms with Gasteiger partial charge in [0.05, 0.1) is 0 Å². The van der Waals surface area contributed by atoms with E-state index in [0.717, 1.165) is 32.1 Å². The number of nitrogens with one attached hydrogen (secondary N) is 1. The van der Waals surface area contributed by atoms with Crippen molar-refractivity contribution < 1.29 is 38.1 Å². The number of amides is 4. The molecule has 1 saturated heterocycles. The highest BCUT2D eigenvalue weighted by molar-refractivity contribution is 7.46. The molecule has 2 aliphatic rings. The Kier molecular flexibility index (Phi) is 13.4. The summed E-state index contributed by atoms with van der Waals surface area (Å²) < 4.78 is 16.0. The van der Waals surface area contributed by atoms with Crippen LogP contribution < -0.4 is 15.6 Å². The van der Waals surface area contributed by atoms with E-state index in [1.165, 1.54) is 12.1 Å². The SMILES string of the molecule is CCCCCC(=O)N1C(Cc2ccc(OP(=O)(O)O)cc2)C(=O)N(C(C(=O)NCCCCCC(N)=O)C(C)CC)C12CCCC2. The predicted octanol–water partition coefficient (Wildman–Crippen LogP) is 4.17. The van der Waals surface area contributed by atoms with Crippen LogP contribution in [0.25, 0.3) is 0 Å². The second kappa shape index (κ2) is 16.6. The molecule has 1 spiro atoms. The molecule has 1 aromatic carbocycles. The molecule has 252 valence electrons. The Morgan fingerprint density at radius 2 is 1.69 bits per heavy atom. The van der Waals surface area contributed by atoms with Crippen molar-refractivity contribution in [1.29, 1.82) is 0 Å². The van der Waals surface area contributed by atoms with Crippen LogP contribution in [0.15, 0.2) is 24.3 Å². The number of carbonyl (C=O) groups is 4. The third-order valence-corrected chi connectivity index (χ3v) is 9.55. The van der Waals surface area contributed by atoms with E-state index in [1.54, 1.807) is 21.9 Å². The zero-order chi connectivity index (χ0) is 33.2. The van der Waals surface area contributed by atoms with Crippen molar-refractivity contribution in [2.24, 2.45) is 11.7 Å². The van der Waals surface area contributed by atoms with Crippen molar-refractivity contribution in [3.63, 3.8) is 0 Å². The molecule has 0 bridgehead atoms. The molecule has 45 heavy (non-hydrogen) atoms. The molecule has 3 rings (SSSR count). The summed E-state index contributed by atoms with van der Waals surface area (Å²) in [4.78, 5) is 75.4. The lowest BCUT2D eigenvalue weighted by Gasteiger charge is -2.46. The summed E-state index contributed by atoms with van der Waals surface area (Å²) in [6.07, 6.45) is 8.95. The monoisotopic (exact) mass is 650 g/mol. The van der Waals surface area contributed by atoms with Crippen molar-refractivity contribution in [1.82, 2.24) is 15.1 Å². The Bertz CT molecular complexity index is 1210. The van der Waals surface area contributed by atoms with Gasteiger partial charge in [0, 0.05) is 25.8 Å². The van der Waals surface area contributed by atoms with Gasteiger partial charge in [0.1, 0.15) is 23.5 Å². The first-order valence-electron chi connectivity index (χ1n) is 16.4. The Balaban J connectivity index is 1.95. The molecular formula is C32H51N4O8P. The van der Waals surface area contributed by atoms with Crippen molar-refractivity contribution in [3.05, 3.63) is 29.8 Å². The molecule has 0 aromatic heterocycles. The molecule has 12 nitrogen and oxygen atoms in total. The lowest BCUT2D eigenvalue weighted by Crippen LogP contribution is -2.62. The van der Waals surface area contributed by atoms with Crippen LogP contribution in [-0.2, 0) is 30.2 Å². The summed E-state index contributed by atoms with van der Waals surface area (Å²) in [6.45, 7) is 6.43. The molecule has 3 atom stereocenters. The van der Waals surface area contributed by atoms with E-state index < -0.39 is 25.6 Å². The highest BCUT2D eigenvalue weighted by Crippen LogP contribution is 2.48. The summed E-state index contributed by atoms with van der Waals surface area (Å²) in [7, 11) is -4.73. The first kappa shape index (κ1) is 36.5. The van der Waals surface area contributed by atoms with E-state index in [0.29, 0.717) is 63.5 Å². The molecule has 13 heteroatoms. The smallest absolute Gasteiger partial charge is 0.404 e. The first-order chi connectivity index (χ1) is 21.3. The zero-order valence-electron chi connectivity index (χ0n) is 26.9. The van der Waals surface area contributed by atoms with E-state index in [-0.39, 0.29) is 41.7 Å². The number of carbonyl (C=O) groups excluding carboxylic acids is 4. The molecule has 1 aliphatic heterocycles. The van der Waals surface area contributed by atoms with Crippen LogP contribution in [0, 0.1) is 5.92 Å². The maximum absolute atomic E-state index is 14.6. The number of rotatable bonds is 18. The number of hydrogen-bond acceptors (Lipinski definition) is 6. The molecule has 4 amide bonds. The molecule has 1 aromatic rings. The van der Waals surface area contributed by atoms with Gasteiger partial charge in [0.15, 0.2) is 0 Å². The van der Waals surface area contributed by atoms with Gasteiger partial charge in [0.25, 0.3) is 0 Å². The molecule has 1 heterocycles. The standard InChI is InChI=1S/C32H51N4O8P/c1-4-6-8-14-28(38)35-26(22-24-15-17-25(18-16-24)44-45(41,42)43)31(40)36(32(35)19-10-11-20-32)29(23(3)5-2)30(39)34-21-12-7-9-13-27(33)37/h15-18,23,26,29H,4-14,19-22H2,1-3H3,(H2,33,37)(H,34,39)(H2,41,42,43). The van der Waals surface area contributed by atoms with Crippen LogP contribution in [0.3, 0.4) is 0 Å². The molecule has 2 fully saturated rings. The van der Waals surface area contributed by atoms with Gasteiger partial charge in [-0.2, -0.15) is 0 Å². The van der Waals surface area contributed by atoms with Gasteiger partial charge in [-0.25, -0.2) is 4.57 Å². The van der Waals surface area contributed by atoms with E-state index in [2.05, 4.69) is 16.8 Å². The van der Waals surface area contributed by atoms with Crippen molar-refractivity contribution in [3.8, 4) is 5.75 Å². The number of nitrogens with two attached hydrogens (primary N) is 1. The fourth-order valence-corrected chi connectivity index (χ4v) is 7.15. The molecular weight excluding hydrogens is 599 g/mol. The van der Waals surface area contributed by atoms with Crippen LogP contribution >= 0.6 is 7.82 Å². The Labute approximate surface area is 266 Å². The van der Waals surface area contributed by atoms with Gasteiger partial charge in [-0.15, -0.1) is 0 Å².